The lowest BCUT2D eigenvalue weighted by atomic mass is 10.1. The molecule has 200 valence electrons. The largest absolute Gasteiger partial charge is 0.490 e. The Hall–Kier alpha value is -4.59. The maximum Gasteiger partial charge on any atom is 0.271 e. The van der Waals surface area contributed by atoms with Gasteiger partial charge in [-0.25, -0.2) is 0 Å². The third kappa shape index (κ3) is 7.95. The molecule has 2 N–H and O–H groups in total. The second-order valence-corrected chi connectivity index (χ2v) is 8.81. The molecule has 0 aromatic heterocycles. The molecule has 3 aromatic rings. The highest BCUT2D eigenvalue weighted by atomic mass is 35.5. The number of amides is 2. The fourth-order valence-corrected chi connectivity index (χ4v) is 3.74. The average molecular weight is 569 g/mol. The number of carbonyl (C=O) groups is 2. The molecule has 10 nitrogen and oxygen atoms in total. The van der Waals surface area contributed by atoms with E-state index in [1.807, 2.05) is 6.92 Å². The summed E-state index contributed by atoms with van der Waals surface area (Å²) in [6, 6.07) is 15.2. The van der Waals surface area contributed by atoms with Crippen LogP contribution in [0.25, 0.3) is 6.08 Å². The molecular formula is C27H22Cl2N4O6. The van der Waals surface area contributed by atoms with Crippen LogP contribution < -0.4 is 20.1 Å². The lowest BCUT2D eigenvalue weighted by Crippen LogP contribution is -2.20. The smallest absolute Gasteiger partial charge is 0.271 e. The minimum absolute atomic E-state index is 0.0785. The number of hydrogen-bond donors (Lipinski definition) is 2. The van der Waals surface area contributed by atoms with Crippen LogP contribution in [-0.4, -0.2) is 30.0 Å². The Balaban J connectivity index is 1.77. The first-order valence-electron chi connectivity index (χ1n) is 11.4. The van der Waals surface area contributed by atoms with Crippen molar-refractivity contribution in [2.75, 3.05) is 23.8 Å². The van der Waals surface area contributed by atoms with Gasteiger partial charge in [0.2, 0.25) is 0 Å². The van der Waals surface area contributed by atoms with Crippen LogP contribution >= 0.6 is 23.2 Å². The summed E-state index contributed by atoms with van der Waals surface area (Å²) in [7, 11) is 0. The topological polar surface area (TPSA) is 144 Å². The first-order valence-corrected chi connectivity index (χ1v) is 12.2. The van der Waals surface area contributed by atoms with Gasteiger partial charge in [0.15, 0.2) is 18.1 Å². The molecule has 0 saturated heterocycles. The molecule has 0 atom stereocenters. The SMILES string of the molecule is CCOc1cc(/C=C(/C#N)C(=O)Nc2cccc([N+](=O)[O-])c2)cc(Cl)c1OCC(=O)Nc1ccc(C)c(Cl)c1. The second kappa shape index (κ2) is 13.3. The summed E-state index contributed by atoms with van der Waals surface area (Å²) in [6.07, 6.45) is 1.28. The minimum Gasteiger partial charge on any atom is -0.490 e. The van der Waals surface area contributed by atoms with E-state index in [0.717, 1.165) is 5.56 Å². The van der Waals surface area contributed by atoms with Gasteiger partial charge in [-0.3, -0.25) is 19.7 Å². The molecule has 0 fully saturated rings. The highest BCUT2D eigenvalue weighted by molar-refractivity contribution is 6.32. The van der Waals surface area contributed by atoms with Crippen molar-refractivity contribution < 1.29 is 24.0 Å². The number of nitrogens with zero attached hydrogens (tertiary/aromatic N) is 2. The number of benzene rings is 3. The van der Waals surface area contributed by atoms with Crippen molar-refractivity contribution in [2.24, 2.45) is 0 Å². The van der Waals surface area contributed by atoms with Crippen molar-refractivity contribution >= 4 is 58.2 Å². The van der Waals surface area contributed by atoms with Gasteiger partial charge >= 0.3 is 0 Å². The maximum absolute atomic E-state index is 12.6. The Morgan fingerprint density at radius 3 is 2.46 bits per heavy atom. The fourth-order valence-electron chi connectivity index (χ4n) is 3.29. The molecule has 0 bridgehead atoms. The van der Waals surface area contributed by atoms with E-state index < -0.39 is 16.7 Å². The Kier molecular flexibility index (Phi) is 9.86. The number of aryl methyl sites for hydroxylation is 1. The molecule has 2 amide bonds. The zero-order chi connectivity index (χ0) is 28.5. The van der Waals surface area contributed by atoms with E-state index in [-0.39, 0.29) is 46.7 Å². The average Bonchev–Trinajstić information content (AvgIpc) is 2.89. The van der Waals surface area contributed by atoms with Gasteiger partial charge in [0.1, 0.15) is 11.6 Å². The van der Waals surface area contributed by atoms with Crippen molar-refractivity contribution in [2.45, 2.75) is 13.8 Å². The molecule has 3 aromatic carbocycles. The molecule has 0 saturated carbocycles. The van der Waals surface area contributed by atoms with Crippen molar-refractivity contribution in [3.8, 4) is 17.6 Å². The van der Waals surface area contributed by atoms with Crippen LogP contribution in [0, 0.1) is 28.4 Å². The van der Waals surface area contributed by atoms with Crippen molar-refractivity contribution in [3.05, 3.63) is 91.5 Å². The molecular weight excluding hydrogens is 547 g/mol. The Morgan fingerprint density at radius 1 is 1.05 bits per heavy atom. The summed E-state index contributed by atoms with van der Waals surface area (Å²) >= 11 is 12.5. The number of nitrogens with one attached hydrogen (secondary N) is 2. The van der Waals surface area contributed by atoms with Crippen LogP contribution in [0.5, 0.6) is 11.5 Å². The predicted octanol–water partition coefficient (Wildman–Crippen LogP) is 6.17. The normalized spacial score (nSPS) is 10.8. The molecule has 0 unspecified atom stereocenters. The van der Waals surface area contributed by atoms with Gasteiger partial charge in [-0.15, -0.1) is 0 Å². The van der Waals surface area contributed by atoms with Crippen LogP contribution in [0.2, 0.25) is 10.0 Å². The quantitative estimate of drug-likeness (QED) is 0.129. The molecule has 0 aliphatic rings. The van der Waals surface area contributed by atoms with E-state index in [1.165, 1.54) is 42.5 Å². The fraction of sp³-hybridized carbons (Fsp3) is 0.148. The van der Waals surface area contributed by atoms with E-state index >= 15 is 0 Å². The molecule has 3 rings (SSSR count). The van der Waals surface area contributed by atoms with Gasteiger partial charge in [-0.1, -0.05) is 35.3 Å². The van der Waals surface area contributed by atoms with Gasteiger partial charge in [-0.05, 0) is 61.4 Å². The van der Waals surface area contributed by atoms with E-state index in [2.05, 4.69) is 10.6 Å². The number of nitriles is 1. The molecule has 39 heavy (non-hydrogen) atoms. The third-order valence-electron chi connectivity index (χ3n) is 5.13. The number of hydrogen-bond acceptors (Lipinski definition) is 7. The second-order valence-electron chi connectivity index (χ2n) is 8.00. The minimum atomic E-state index is -0.778. The monoisotopic (exact) mass is 568 g/mol. The predicted molar refractivity (Wildman–Crippen MR) is 148 cm³/mol. The number of carbonyl (C=O) groups excluding carboxylic acids is 2. The Bertz CT molecular complexity index is 1500. The summed E-state index contributed by atoms with van der Waals surface area (Å²) in [5.41, 5.74) is 1.37. The van der Waals surface area contributed by atoms with Gasteiger partial charge < -0.3 is 20.1 Å². The van der Waals surface area contributed by atoms with Gasteiger partial charge in [0.25, 0.3) is 17.5 Å². The molecule has 0 aliphatic heterocycles. The van der Waals surface area contributed by atoms with Crippen LogP contribution in [0.15, 0.2) is 60.2 Å². The summed E-state index contributed by atoms with van der Waals surface area (Å²) < 4.78 is 11.2. The number of non-ortho nitro benzene ring substituents is 1. The van der Waals surface area contributed by atoms with Crippen LogP contribution in [0.4, 0.5) is 17.1 Å². The Morgan fingerprint density at radius 2 is 1.79 bits per heavy atom. The zero-order valence-electron chi connectivity index (χ0n) is 20.8. The summed E-state index contributed by atoms with van der Waals surface area (Å²) in [5.74, 6) is -0.937. The summed E-state index contributed by atoms with van der Waals surface area (Å²) in [4.78, 5) is 35.4. The summed E-state index contributed by atoms with van der Waals surface area (Å²) in [6.45, 7) is 3.44. The van der Waals surface area contributed by atoms with Crippen LogP contribution in [0.3, 0.4) is 0 Å². The highest BCUT2D eigenvalue weighted by Crippen LogP contribution is 2.37. The molecule has 0 radical (unpaired) electrons. The maximum atomic E-state index is 12.6. The number of anilines is 2. The lowest BCUT2D eigenvalue weighted by molar-refractivity contribution is -0.384. The Labute approximate surface area is 233 Å². The zero-order valence-corrected chi connectivity index (χ0v) is 22.3. The number of ether oxygens (including phenoxy) is 2. The van der Waals surface area contributed by atoms with Crippen LogP contribution in [0.1, 0.15) is 18.1 Å². The number of rotatable bonds is 10. The molecule has 0 heterocycles. The molecule has 12 heteroatoms. The third-order valence-corrected chi connectivity index (χ3v) is 5.81. The van der Waals surface area contributed by atoms with Crippen molar-refractivity contribution in [3.63, 3.8) is 0 Å². The van der Waals surface area contributed by atoms with Gasteiger partial charge in [-0.2, -0.15) is 5.26 Å². The van der Waals surface area contributed by atoms with Gasteiger partial charge in [0, 0.05) is 28.5 Å². The standard InChI is InChI=1S/C27H22Cl2N4O6/c1-3-38-24-11-17(9-18(14-30)27(35)32-19-5-4-6-21(12-19)33(36)37)10-23(29)26(24)39-15-25(34)31-20-8-7-16(2)22(28)13-20/h4-13H,3,15H2,1-2H3,(H,31,34)(H,32,35)/b18-9-. The highest BCUT2D eigenvalue weighted by Gasteiger charge is 2.17. The summed E-state index contributed by atoms with van der Waals surface area (Å²) in [5, 5.41) is 26.2. The lowest BCUT2D eigenvalue weighted by Gasteiger charge is -2.15. The van der Waals surface area contributed by atoms with Crippen LogP contribution in [-0.2, 0) is 9.59 Å². The number of nitro benzene ring substituents is 1. The van der Waals surface area contributed by atoms with E-state index in [0.29, 0.717) is 16.3 Å². The van der Waals surface area contributed by atoms with Crippen molar-refractivity contribution in [1.29, 1.82) is 5.26 Å². The van der Waals surface area contributed by atoms with E-state index in [9.17, 15) is 25.0 Å². The van der Waals surface area contributed by atoms with Crippen molar-refractivity contribution in [1.82, 2.24) is 0 Å². The first kappa shape index (κ1) is 29.0. The first-order chi connectivity index (χ1) is 18.6. The van der Waals surface area contributed by atoms with Gasteiger partial charge in [0.05, 0.1) is 16.6 Å². The molecule has 0 spiro atoms. The van der Waals surface area contributed by atoms with E-state index in [4.69, 9.17) is 32.7 Å². The number of halogens is 2. The number of nitro groups is 1. The van der Waals surface area contributed by atoms with E-state index in [1.54, 1.807) is 31.2 Å². The molecule has 0 aliphatic carbocycles.